The Labute approximate surface area is 134 Å². The van der Waals surface area contributed by atoms with Crippen molar-refractivity contribution in [3.8, 4) is 0 Å². The number of nitrogens with zero attached hydrogens (tertiary/aromatic N) is 3. The third kappa shape index (κ3) is 3.17. The van der Waals surface area contributed by atoms with Crippen molar-refractivity contribution in [1.82, 2.24) is 25.5 Å². The highest BCUT2D eigenvalue weighted by molar-refractivity contribution is 5.91. The maximum atomic E-state index is 12.5. The van der Waals surface area contributed by atoms with Gasteiger partial charge >= 0.3 is 6.03 Å². The van der Waals surface area contributed by atoms with Crippen LogP contribution in [0.15, 0.2) is 6.07 Å². The molecule has 2 heterocycles. The number of hydrogen-bond donors (Lipinski definition) is 3. The highest BCUT2D eigenvalue weighted by Gasteiger charge is 2.31. The minimum absolute atomic E-state index is 0.0509. The van der Waals surface area contributed by atoms with Crippen LogP contribution >= 0.6 is 0 Å². The van der Waals surface area contributed by atoms with Crippen molar-refractivity contribution in [3.63, 3.8) is 0 Å². The Balaban J connectivity index is 1.69. The van der Waals surface area contributed by atoms with E-state index in [0.29, 0.717) is 13.1 Å². The summed E-state index contributed by atoms with van der Waals surface area (Å²) in [4.78, 5) is 25.8. The van der Waals surface area contributed by atoms with Crippen molar-refractivity contribution < 1.29 is 14.8 Å². The number of hydroxylamine groups is 1. The first-order chi connectivity index (χ1) is 11.1. The van der Waals surface area contributed by atoms with Crippen molar-refractivity contribution in [2.45, 2.75) is 57.7 Å². The number of carbonyl (C=O) groups excluding carboxylic acids is 2. The van der Waals surface area contributed by atoms with Gasteiger partial charge in [0.25, 0.3) is 5.91 Å². The largest absolute Gasteiger partial charge is 0.335 e. The van der Waals surface area contributed by atoms with Crippen molar-refractivity contribution in [2.24, 2.45) is 0 Å². The van der Waals surface area contributed by atoms with Gasteiger partial charge in [-0.1, -0.05) is 19.3 Å². The zero-order valence-electron chi connectivity index (χ0n) is 13.3. The summed E-state index contributed by atoms with van der Waals surface area (Å²) in [5, 5.41) is 16.0. The second kappa shape index (κ2) is 6.57. The fourth-order valence-corrected chi connectivity index (χ4v) is 3.45. The predicted octanol–water partition coefficient (Wildman–Crippen LogP) is 1.42. The van der Waals surface area contributed by atoms with E-state index in [-0.39, 0.29) is 23.8 Å². The molecule has 1 aliphatic heterocycles. The molecule has 0 bridgehead atoms. The van der Waals surface area contributed by atoms with Gasteiger partial charge in [0, 0.05) is 12.6 Å². The van der Waals surface area contributed by atoms with Crippen LogP contribution in [0.25, 0.3) is 0 Å². The van der Waals surface area contributed by atoms with Crippen molar-refractivity contribution in [1.29, 1.82) is 0 Å². The van der Waals surface area contributed by atoms with Gasteiger partial charge in [-0.2, -0.15) is 5.10 Å². The Hall–Kier alpha value is -2.09. The summed E-state index contributed by atoms with van der Waals surface area (Å²) in [5.74, 6) is -0.641. The van der Waals surface area contributed by atoms with Crippen LogP contribution in [0.1, 0.15) is 61.3 Å². The SMILES string of the molecule is CC1c2cc(C(=O)NO)nn2CCN1C(=O)NC1CCCCC1. The van der Waals surface area contributed by atoms with E-state index < -0.39 is 5.91 Å². The highest BCUT2D eigenvalue weighted by atomic mass is 16.5. The number of carbonyl (C=O) groups is 2. The van der Waals surface area contributed by atoms with E-state index in [1.165, 1.54) is 19.3 Å². The minimum Gasteiger partial charge on any atom is -0.335 e. The zero-order valence-corrected chi connectivity index (χ0v) is 13.3. The lowest BCUT2D eigenvalue weighted by Crippen LogP contribution is -2.49. The Morgan fingerprint density at radius 2 is 2.00 bits per heavy atom. The lowest BCUT2D eigenvalue weighted by atomic mass is 9.96. The molecule has 0 saturated heterocycles. The van der Waals surface area contributed by atoms with E-state index in [1.807, 2.05) is 6.92 Å². The summed E-state index contributed by atoms with van der Waals surface area (Å²) < 4.78 is 1.72. The third-order valence-electron chi connectivity index (χ3n) is 4.79. The Kier molecular flexibility index (Phi) is 4.51. The predicted molar refractivity (Wildman–Crippen MR) is 82.0 cm³/mol. The molecule has 23 heavy (non-hydrogen) atoms. The van der Waals surface area contributed by atoms with Crippen LogP contribution in [0.2, 0.25) is 0 Å². The molecule has 126 valence electrons. The minimum atomic E-state index is -0.641. The van der Waals surface area contributed by atoms with Crippen LogP contribution in [-0.4, -0.2) is 44.4 Å². The molecule has 8 nitrogen and oxygen atoms in total. The fourth-order valence-electron chi connectivity index (χ4n) is 3.45. The van der Waals surface area contributed by atoms with Crippen LogP contribution in [0.4, 0.5) is 4.79 Å². The molecule has 1 aromatic rings. The molecule has 3 rings (SSSR count). The van der Waals surface area contributed by atoms with E-state index in [4.69, 9.17) is 5.21 Å². The topological polar surface area (TPSA) is 99.5 Å². The molecule has 1 aliphatic carbocycles. The quantitative estimate of drug-likeness (QED) is 0.566. The molecule has 0 aromatic carbocycles. The van der Waals surface area contributed by atoms with Gasteiger partial charge in [0.1, 0.15) is 0 Å². The second-order valence-corrected chi connectivity index (χ2v) is 6.27. The van der Waals surface area contributed by atoms with Gasteiger partial charge < -0.3 is 10.2 Å². The zero-order chi connectivity index (χ0) is 16.4. The van der Waals surface area contributed by atoms with Gasteiger partial charge in [0.15, 0.2) is 5.69 Å². The average Bonchev–Trinajstić information content (AvgIpc) is 3.00. The van der Waals surface area contributed by atoms with E-state index >= 15 is 0 Å². The summed E-state index contributed by atoms with van der Waals surface area (Å²) in [6.07, 6.45) is 5.70. The molecule has 1 atom stereocenters. The summed E-state index contributed by atoms with van der Waals surface area (Å²) >= 11 is 0. The lowest BCUT2D eigenvalue weighted by Gasteiger charge is -2.35. The molecular formula is C15H23N5O3. The molecule has 1 aromatic heterocycles. The van der Waals surface area contributed by atoms with Gasteiger partial charge in [-0.3, -0.25) is 14.7 Å². The molecule has 0 radical (unpaired) electrons. The normalized spacial score (nSPS) is 21.7. The molecule has 0 spiro atoms. The first-order valence-electron chi connectivity index (χ1n) is 8.19. The van der Waals surface area contributed by atoms with Gasteiger partial charge in [0.05, 0.1) is 18.3 Å². The maximum absolute atomic E-state index is 12.5. The number of rotatable bonds is 2. The van der Waals surface area contributed by atoms with Crippen LogP contribution in [-0.2, 0) is 6.54 Å². The summed E-state index contributed by atoms with van der Waals surface area (Å²) in [7, 11) is 0. The Bertz CT molecular complexity index is 594. The number of fused-ring (bicyclic) bond motifs is 1. The summed E-state index contributed by atoms with van der Waals surface area (Å²) in [5.41, 5.74) is 2.54. The second-order valence-electron chi connectivity index (χ2n) is 6.27. The molecule has 8 heteroatoms. The van der Waals surface area contributed by atoms with Gasteiger partial charge in [-0.15, -0.1) is 0 Å². The van der Waals surface area contributed by atoms with Gasteiger partial charge in [-0.05, 0) is 25.8 Å². The van der Waals surface area contributed by atoms with Crippen LogP contribution < -0.4 is 10.8 Å². The number of aromatic nitrogens is 2. The molecule has 3 amide bonds. The first kappa shape index (κ1) is 15.8. The molecule has 1 unspecified atom stereocenters. The molecular weight excluding hydrogens is 298 g/mol. The first-order valence-corrected chi connectivity index (χ1v) is 8.19. The monoisotopic (exact) mass is 321 g/mol. The summed E-state index contributed by atoms with van der Waals surface area (Å²) in [6.45, 7) is 3.01. The molecule has 1 saturated carbocycles. The van der Waals surface area contributed by atoms with Gasteiger partial charge in [0.2, 0.25) is 0 Å². The van der Waals surface area contributed by atoms with E-state index in [9.17, 15) is 9.59 Å². The maximum Gasteiger partial charge on any atom is 0.318 e. The number of urea groups is 1. The average molecular weight is 321 g/mol. The van der Waals surface area contributed by atoms with E-state index in [2.05, 4.69) is 10.4 Å². The highest BCUT2D eigenvalue weighted by Crippen LogP contribution is 2.26. The summed E-state index contributed by atoms with van der Waals surface area (Å²) in [6, 6.07) is 1.67. The van der Waals surface area contributed by atoms with Crippen molar-refractivity contribution in [2.75, 3.05) is 6.54 Å². The molecule has 1 fully saturated rings. The fraction of sp³-hybridized carbons (Fsp3) is 0.667. The van der Waals surface area contributed by atoms with Gasteiger partial charge in [-0.25, -0.2) is 10.3 Å². The molecule has 3 N–H and O–H groups in total. The molecule has 2 aliphatic rings. The Morgan fingerprint density at radius 1 is 1.26 bits per heavy atom. The van der Waals surface area contributed by atoms with Crippen molar-refractivity contribution in [3.05, 3.63) is 17.5 Å². The third-order valence-corrected chi connectivity index (χ3v) is 4.79. The van der Waals surface area contributed by atoms with Crippen LogP contribution in [0, 0.1) is 0 Å². The lowest BCUT2D eigenvalue weighted by molar-refractivity contribution is 0.0699. The van der Waals surface area contributed by atoms with Crippen molar-refractivity contribution >= 4 is 11.9 Å². The Morgan fingerprint density at radius 3 is 2.70 bits per heavy atom. The van der Waals surface area contributed by atoms with E-state index in [1.54, 1.807) is 21.1 Å². The number of amides is 3. The van der Waals surface area contributed by atoms with Crippen LogP contribution in [0.3, 0.4) is 0 Å². The smallest absolute Gasteiger partial charge is 0.318 e. The number of nitrogens with one attached hydrogen (secondary N) is 2. The van der Waals surface area contributed by atoms with E-state index in [0.717, 1.165) is 18.5 Å². The number of hydrogen-bond acceptors (Lipinski definition) is 4. The standard InChI is InChI=1S/C15H23N5O3/c1-10-13-9-12(14(21)18-23)17-20(13)8-7-19(10)15(22)16-11-5-3-2-4-6-11/h9-11,23H,2-8H2,1H3,(H,16,22)(H,18,21). The van der Waals surface area contributed by atoms with Crippen LogP contribution in [0.5, 0.6) is 0 Å².